The highest BCUT2D eigenvalue weighted by Crippen LogP contribution is 2.39. The fourth-order valence-electron chi connectivity index (χ4n) is 3.11. The second kappa shape index (κ2) is 6.21. The molecule has 0 saturated carbocycles. The van der Waals surface area contributed by atoms with E-state index in [4.69, 9.17) is 11.6 Å². The van der Waals surface area contributed by atoms with E-state index in [1.54, 1.807) is 6.07 Å². The van der Waals surface area contributed by atoms with Crippen LogP contribution < -0.4 is 5.32 Å². The summed E-state index contributed by atoms with van der Waals surface area (Å²) in [5.74, 6) is 0.259. The molecule has 1 heterocycles. The zero-order valence-corrected chi connectivity index (χ0v) is 12.5. The van der Waals surface area contributed by atoms with Crippen LogP contribution in [0.4, 0.5) is 4.39 Å². The van der Waals surface area contributed by atoms with E-state index in [2.05, 4.69) is 24.1 Å². The zero-order valence-electron chi connectivity index (χ0n) is 11.8. The summed E-state index contributed by atoms with van der Waals surface area (Å²) < 4.78 is 14.2. The molecule has 1 saturated heterocycles. The van der Waals surface area contributed by atoms with Gasteiger partial charge in [0.1, 0.15) is 5.82 Å². The smallest absolute Gasteiger partial charge is 0.129 e. The zero-order chi connectivity index (χ0) is 14.0. The van der Waals surface area contributed by atoms with Gasteiger partial charge in [0.15, 0.2) is 0 Å². The maximum atomic E-state index is 14.2. The molecular weight excluding hydrogens is 263 g/mol. The summed E-state index contributed by atoms with van der Waals surface area (Å²) in [5, 5.41) is 3.68. The molecule has 1 aliphatic rings. The van der Waals surface area contributed by atoms with Gasteiger partial charge in [-0.05, 0) is 58.5 Å². The van der Waals surface area contributed by atoms with Gasteiger partial charge in [0, 0.05) is 22.7 Å². The lowest BCUT2D eigenvalue weighted by molar-refractivity contribution is 0.179. The Kier molecular flexibility index (Phi) is 4.82. The average Bonchev–Trinajstić information content (AvgIpc) is 2.73. The van der Waals surface area contributed by atoms with E-state index in [9.17, 15) is 4.39 Å². The molecule has 1 aromatic carbocycles. The minimum Gasteiger partial charge on any atom is -0.319 e. The number of halogens is 2. The fraction of sp³-hybridized carbons (Fsp3) is 0.600. The first-order chi connectivity index (χ1) is 9.04. The van der Waals surface area contributed by atoms with Gasteiger partial charge < -0.3 is 5.32 Å². The number of likely N-dealkylation sites (tertiary alicyclic amines) is 1. The van der Waals surface area contributed by atoms with Crippen molar-refractivity contribution in [3.05, 3.63) is 34.6 Å². The van der Waals surface area contributed by atoms with Crippen LogP contribution in [0.1, 0.15) is 31.9 Å². The first-order valence-corrected chi connectivity index (χ1v) is 7.27. The van der Waals surface area contributed by atoms with Crippen molar-refractivity contribution in [3.8, 4) is 0 Å². The van der Waals surface area contributed by atoms with E-state index in [-0.39, 0.29) is 11.9 Å². The molecule has 0 amide bonds. The Balaban J connectivity index is 2.34. The minimum absolute atomic E-state index is 0.143. The molecule has 2 atom stereocenters. The van der Waals surface area contributed by atoms with Crippen molar-refractivity contribution < 1.29 is 4.39 Å². The Morgan fingerprint density at radius 1 is 1.47 bits per heavy atom. The summed E-state index contributed by atoms with van der Waals surface area (Å²) in [6, 6.07) is 5.61. The van der Waals surface area contributed by atoms with Gasteiger partial charge in [-0.1, -0.05) is 17.7 Å². The fourth-order valence-corrected chi connectivity index (χ4v) is 3.27. The lowest BCUT2D eigenvalue weighted by atomic mass is 9.92. The molecule has 2 unspecified atom stereocenters. The summed E-state index contributed by atoms with van der Waals surface area (Å²) in [6.45, 7) is 6.28. The van der Waals surface area contributed by atoms with Crippen LogP contribution in [0.2, 0.25) is 5.02 Å². The molecule has 2 rings (SSSR count). The summed E-state index contributed by atoms with van der Waals surface area (Å²) in [6.07, 6.45) is 1.10. The third kappa shape index (κ3) is 3.10. The van der Waals surface area contributed by atoms with E-state index in [0.717, 1.165) is 25.1 Å². The van der Waals surface area contributed by atoms with Gasteiger partial charge in [0.2, 0.25) is 0 Å². The van der Waals surface area contributed by atoms with Crippen molar-refractivity contribution in [2.45, 2.75) is 32.4 Å². The molecule has 0 bridgehead atoms. The van der Waals surface area contributed by atoms with Crippen LogP contribution in [0.25, 0.3) is 0 Å². The van der Waals surface area contributed by atoms with E-state index in [0.29, 0.717) is 17.0 Å². The van der Waals surface area contributed by atoms with E-state index < -0.39 is 0 Å². The molecule has 19 heavy (non-hydrogen) atoms. The average molecular weight is 285 g/mol. The highest BCUT2D eigenvalue weighted by Gasteiger charge is 2.37. The molecule has 1 fully saturated rings. The van der Waals surface area contributed by atoms with Gasteiger partial charge in [-0.2, -0.15) is 0 Å². The monoisotopic (exact) mass is 284 g/mol. The van der Waals surface area contributed by atoms with Crippen molar-refractivity contribution in [2.75, 3.05) is 20.1 Å². The third-order valence-electron chi connectivity index (χ3n) is 3.97. The van der Waals surface area contributed by atoms with Crippen LogP contribution in [-0.2, 0) is 0 Å². The number of nitrogens with one attached hydrogen (secondary N) is 1. The highest BCUT2D eigenvalue weighted by molar-refractivity contribution is 6.30. The normalized spacial score (nSPS) is 24.3. The highest BCUT2D eigenvalue weighted by atomic mass is 35.5. The minimum atomic E-state index is -0.189. The van der Waals surface area contributed by atoms with Crippen molar-refractivity contribution in [1.82, 2.24) is 10.2 Å². The lowest BCUT2D eigenvalue weighted by Gasteiger charge is -2.32. The quantitative estimate of drug-likeness (QED) is 0.911. The maximum absolute atomic E-state index is 14.2. The van der Waals surface area contributed by atoms with Crippen molar-refractivity contribution in [1.29, 1.82) is 0 Å². The molecule has 106 valence electrons. The van der Waals surface area contributed by atoms with Crippen molar-refractivity contribution in [3.63, 3.8) is 0 Å². The Labute approximate surface area is 119 Å². The molecule has 0 aliphatic carbocycles. The summed E-state index contributed by atoms with van der Waals surface area (Å²) in [4.78, 5) is 2.38. The lowest BCUT2D eigenvalue weighted by Crippen LogP contribution is -2.34. The molecule has 4 heteroatoms. The largest absolute Gasteiger partial charge is 0.319 e. The molecular formula is C15H22ClFN2. The second-order valence-corrected chi connectivity index (χ2v) is 5.99. The SMILES string of the molecule is CNCC1CCN(C(C)C)C1c1ccc(Cl)cc1F. The molecule has 1 aromatic rings. The van der Waals surface area contributed by atoms with Gasteiger partial charge in [-0.25, -0.2) is 4.39 Å². The Hall–Kier alpha value is -0.640. The number of benzene rings is 1. The standard InChI is InChI=1S/C15H22ClFN2/c1-10(2)19-7-6-11(9-18-3)15(19)13-5-4-12(16)8-14(13)17/h4-5,8,10-11,15,18H,6-7,9H2,1-3H3. The van der Waals surface area contributed by atoms with Crippen LogP contribution in [0.3, 0.4) is 0 Å². The van der Waals surface area contributed by atoms with Crippen LogP contribution in [-0.4, -0.2) is 31.1 Å². The van der Waals surface area contributed by atoms with Gasteiger partial charge in [0.05, 0.1) is 0 Å². The first kappa shape index (κ1) is 14.8. The Morgan fingerprint density at radius 3 is 2.79 bits per heavy atom. The van der Waals surface area contributed by atoms with E-state index in [1.807, 2.05) is 13.1 Å². The van der Waals surface area contributed by atoms with Gasteiger partial charge in [-0.3, -0.25) is 4.90 Å². The maximum Gasteiger partial charge on any atom is 0.129 e. The predicted molar refractivity (Wildman–Crippen MR) is 78.0 cm³/mol. The molecule has 0 spiro atoms. The molecule has 1 aliphatic heterocycles. The van der Waals surface area contributed by atoms with E-state index >= 15 is 0 Å². The number of hydrogen-bond acceptors (Lipinski definition) is 2. The third-order valence-corrected chi connectivity index (χ3v) is 4.21. The van der Waals surface area contributed by atoms with Crippen LogP contribution in [0, 0.1) is 11.7 Å². The van der Waals surface area contributed by atoms with Crippen LogP contribution in [0.5, 0.6) is 0 Å². The first-order valence-electron chi connectivity index (χ1n) is 6.90. The molecule has 2 nitrogen and oxygen atoms in total. The number of nitrogens with zero attached hydrogens (tertiary/aromatic N) is 1. The molecule has 1 N–H and O–H groups in total. The predicted octanol–water partition coefficient (Wildman–Crippen LogP) is 3.47. The Bertz CT molecular complexity index is 436. The van der Waals surface area contributed by atoms with E-state index in [1.165, 1.54) is 6.07 Å². The van der Waals surface area contributed by atoms with Gasteiger partial charge in [0.25, 0.3) is 0 Å². The summed E-state index contributed by atoms with van der Waals surface area (Å²) in [7, 11) is 1.95. The Morgan fingerprint density at radius 2 is 2.21 bits per heavy atom. The van der Waals surface area contributed by atoms with Crippen molar-refractivity contribution >= 4 is 11.6 Å². The van der Waals surface area contributed by atoms with Crippen LogP contribution >= 0.6 is 11.6 Å². The summed E-state index contributed by atoms with van der Waals surface area (Å²) in [5.41, 5.74) is 0.774. The number of hydrogen-bond donors (Lipinski definition) is 1. The summed E-state index contributed by atoms with van der Waals surface area (Å²) >= 11 is 5.85. The van der Waals surface area contributed by atoms with Crippen LogP contribution in [0.15, 0.2) is 18.2 Å². The molecule has 0 radical (unpaired) electrons. The topological polar surface area (TPSA) is 15.3 Å². The second-order valence-electron chi connectivity index (χ2n) is 5.55. The molecule has 0 aromatic heterocycles. The number of rotatable bonds is 4. The van der Waals surface area contributed by atoms with Gasteiger partial charge in [-0.15, -0.1) is 0 Å². The van der Waals surface area contributed by atoms with Gasteiger partial charge >= 0.3 is 0 Å². The van der Waals surface area contributed by atoms with Crippen molar-refractivity contribution in [2.24, 2.45) is 5.92 Å².